The van der Waals surface area contributed by atoms with Crippen LogP contribution in [0.1, 0.15) is 17.0 Å². The first-order valence-electron chi connectivity index (χ1n) is 5.54. The fourth-order valence-electron chi connectivity index (χ4n) is 1.64. The SMILES string of the molecule is Cc1cc(C)nc(NCc2ccc(F)c(Cl)c2)n1. The van der Waals surface area contributed by atoms with Crippen LogP contribution in [0.5, 0.6) is 0 Å². The van der Waals surface area contributed by atoms with Gasteiger partial charge in [0.1, 0.15) is 5.82 Å². The van der Waals surface area contributed by atoms with Gasteiger partial charge in [0, 0.05) is 17.9 Å². The van der Waals surface area contributed by atoms with Crippen LogP contribution in [0.3, 0.4) is 0 Å². The Kier molecular flexibility index (Phi) is 3.77. The largest absolute Gasteiger partial charge is 0.350 e. The summed E-state index contributed by atoms with van der Waals surface area (Å²) in [5.74, 6) is 0.149. The summed E-state index contributed by atoms with van der Waals surface area (Å²) in [6, 6.07) is 6.52. The van der Waals surface area contributed by atoms with Crippen molar-refractivity contribution >= 4 is 17.5 Å². The van der Waals surface area contributed by atoms with E-state index in [-0.39, 0.29) is 5.02 Å². The molecule has 0 aliphatic heterocycles. The van der Waals surface area contributed by atoms with E-state index in [2.05, 4.69) is 15.3 Å². The van der Waals surface area contributed by atoms with E-state index in [1.54, 1.807) is 12.1 Å². The van der Waals surface area contributed by atoms with Crippen molar-refractivity contribution in [3.63, 3.8) is 0 Å². The van der Waals surface area contributed by atoms with E-state index in [0.29, 0.717) is 12.5 Å². The first-order valence-corrected chi connectivity index (χ1v) is 5.92. The maximum absolute atomic E-state index is 13.0. The molecule has 0 saturated heterocycles. The topological polar surface area (TPSA) is 37.8 Å². The van der Waals surface area contributed by atoms with Crippen molar-refractivity contribution in [2.75, 3.05) is 5.32 Å². The second-order valence-corrected chi connectivity index (χ2v) is 4.48. The maximum atomic E-state index is 13.0. The van der Waals surface area contributed by atoms with Crippen molar-refractivity contribution in [1.29, 1.82) is 0 Å². The van der Waals surface area contributed by atoms with Crippen molar-refractivity contribution in [2.24, 2.45) is 0 Å². The highest BCUT2D eigenvalue weighted by atomic mass is 35.5. The van der Waals surface area contributed by atoms with Crippen LogP contribution >= 0.6 is 11.6 Å². The van der Waals surface area contributed by atoms with Gasteiger partial charge in [-0.2, -0.15) is 0 Å². The Labute approximate surface area is 110 Å². The van der Waals surface area contributed by atoms with E-state index in [4.69, 9.17) is 11.6 Å². The van der Waals surface area contributed by atoms with Crippen molar-refractivity contribution < 1.29 is 4.39 Å². The molecular formula is C13H13ClFN3. The number of rotatable bonds is 3. The van der Waals surface area contributed by atoms with Crippen LogP contribution in [-0.2, 0) is 6.54 Å². The molecule has 2 aromatic rings. The summed E-state index contributed by atoms with van der Waals surface area (Å²) in [5, 5.41) is 3.21. The standard InChI is InChI=1S/C13H13ClFN3/c1-8-5-9(2)18-13(17-8)16-7-10-3-4-12(15)11(14)6-10/h3-6H,7H2,1-2H3,(H,16,17,18). The average Bonchev–Trinajstić information content (AvgIpc) is 2.29. The quantitative estimate of drug-likeness (QED) is 0.923. The molecule has 0 aliphatic rings. The van der Waals surface area contributed by atoms with Crippen LogP contribution in [0.2, 0.25) is 5.02 Å². The minimum Gasteiger partial charge on any atom is -0.350 e. The van der Waals surface area contributed by atoms with Crippen LogP contribution in [-0.4, -0.2) is 9.97 Å². The lowest BCUT2D eigenvalue weighted by Crippen LogP contribution is -2.05. The van der Waals surface area contributed by atoms with Crippen LogP contribution in [0.4, 0.5) is 10.3 Å². The van der Waals surface area contributed by atoms with Gasteiger partial charge in [-0.15, -0.1) is 0 Å². The number of halogens is 2. The summed E-state index contributed by atoms with van der Waals surface area (Å²) >= 11 is 5.71. The molecule has 0 radical (unpaired) electrons. The number of benzene rings is 1. The molecule has 3 nitrogen and oxygen atoms in total. The lowest BCUT2D eigenvalue weighted by atomic mass is 10.2. The predicted molar refractivity (Wildman–Crippen MR) is 70.2 cm³/mol. The molecule has 94 valence electrons. The molecule has 5 heteroatoms. The van der Waals surface area contributed by atoms with Crippen LogP contribution in [0.25, 0.3) is 0 Å². The number of anilines is 1. The summed E-state index contributed by atoms with van der Waals surface area (Å²) in [7, 11) is 0. The lowest BCUT2D eigenvalue weighted by molar-refractivity contribution is 0.627. The van der Waals surface area contributed by atoms with Gasteiger partial charge >= 0.3 is 0 Å². The number of nitrogens with one attached hydrogen (secondary N) is 1. The third-order valence-electron chi connectivity index (χ3n) is 2.42. The molecule has 2 rings (SSSR count). The van der Waals surface area contributed by atoms with Gasteiger partial charge in [-0.3, -0.25) is 0 Å². The molecule has 18 heavy (non-hydrogen) atoms. The summed E-state index contributed by atoms with van der Waals surface area (Å²) < 4.78 is 13.0. The van der Waals surface area contributed by atoms with Gasteiger partial charge in [0.15, 0.2) is 0 Å². The summed E-state index contributed by atoms with van der Waals surface area (Å²) in [6.45, 7) is 4.33. The van der Waals surface area contributed by atoms with Gasteiger partial charge in [-0.1, -0.05) is 17.7 Å². The summed E-state index contributed by atoms with van der Waals surface area (Å²) in [6.07, 6.45) is 0. The fraction of sp³-hybridized carbons (Fsp3) is 0.231. The molecule has 0 spiro atoms. The summed E-state index contributed by atoms with van der Waals surface area (Å²) in [4.78, 5) is 8.52. The number of hydrogen-bond acceptors (Lipinski definition) is 3. The minimum absolute atomic E-state index is 0.121. The van der Waals surface area contributed by atoms with Gasteiger partial charge < -0.3 is 5.32 Å². The van der Waals surface area contributed by atoms with Crippen molar-refractivity contribution in [3.05, 3.63) is 52.1 Å². The number of aryl methyl sites for hydroxylation is 2. The molecule has 0 aliphatic carbocycles. The Hall–Kier alpha value is -1.68. The molecule has 1 N–H and O–H groups in total. The van der Waals surface area contributed by atoms with E-state index in [9.17, 15) is 4.39 Å². The first-order chi connectivity index (χ1) is 8.54. The predicted octanol–water partition coefficient (Wildman–Crippen LogP) is 3.50. The molecule has 0 unspecified atom stereocenters. The van der Waals surface area contributed by atoms with Gasteiger partial charge in [-0.05, 0) is 37.6 Å². The fourth-order valence-corrected chi connectivity index (χ4v) is 1.84. The highest BCUT2D eigenvalue weighted by Crippen LogP contribution is 2.16. The average molecular weight is 266 g/mol. The highest BCUT2D eigenvalue weighted by molar-refractivity contribution is 6.30. The van der Waals surface area contributed by atoms with Gasteiger partial charge in [0.25, 0.3) is 0 Å². The minimum atomic E-state index is -0.414. The van der Waals surface area contributed by atoms with Crippen molar-refractivity contribution in [3.8, 4) is 0 Å². The molecule has 0 atom stereocenters. The number of aromatic nitrogens is 2. The smallest absolute Gasteiger partial charge is 0.223 e. The van der Waals surface area contributed by atoms with Gasteiger partial charge in [0.2, 0.25) is 5.95 Å². The molecule has 0 bridgehead atoms. The Balaban J connectivity index is 2.08. The monoisotopic (exact) mass is 265 g/mol. The lowest BCUT2D eigenvalue weighted by Gasteiger charge is -2.07. The molecule has 0 amide bonds. The molecule has 0 saturated carbocycles. The van der Waals surface area contributed by atoms with Crippen LogP contribution in [0, 0.1) is 19.7 Å². The third-order valence-corrected chi connectivity index (χ3v) is 2.71. The second-order valence-electron chi connectivity index (χ2n) is 4.08. The number of hydrogen-bond donors (Lipinski definition) is 1. The Morgan fingerprint density at radius 3 is 2.44 bits per heavy atom. The van der Waals surface area contributed by atoms with E-state index in [1.165, 1.54) is 6.07 Å². The third kappa shape index (κ3) is 3.17. The van der Waals surface area contributed by atoms with Crippen LogP contribution < -0.4 is 5.32 Å². The molecule has 1 aromatic heterocycles. The van der Waals surface area contributed by atoms with E-state index in [1.807, 2.05) is 19.9 Å². The first kappa shape index (κ1) is 12.8. The normalized spacial score (nSPS) is 10.4. The highest BCUT2D eigenvalue weighted by Gasteiger charge is 2.02. The zero-order valence-corrected chi connectivity index (χ0v) is 10.9. The molecule has 0 fully saturated rings. The van der Waals surface area contributed by atoms with E-state index >= 15 is 0 Å². The van der Waals surface area contributed by atoms with Crippen molar-refractivity contribution in [2.45, 2.75) is 20.4 Å². The van der Waals surface area contributed by atoms with Crippen molar-refractivity contribution in [1.82, 2.24) is 9.97 Å². The van der Waals surface area contributed by atoms with E-state index < -0.39 is 5.82 Å². The zero-order valence-electron chi connectivity index (χ0n) is 10.2. The Bertz CT molecular complexity index is 552. The zero-order chi connectivity index (χ0) is 13.1. The second kappa shape index (κ2) is 5.31. The molecular weight excluding hydrogens is 253 g/mol. The maximum Gasteiger partial charge on any atom is 0.223 e. The van der Waals surface area contributed by atoms with Crippen LogP contribution in [0.15, 0.2) is 24.3 Å². The molecule has 1 heterocycles. The van der Waals surface area contributed by atoms with Gasteiger partial charge in [-0.25, -0.2) is 14.4 Å². The van der Waals surface area contributed by atoms with E-state index in [0.717, 1.165) is 17.0 Å². The number of nitrogens with zero attached hydrogens (tertiary/aromatic N) is 2. The Morgan fingerprint density at radius 1 is 1.17 bits per heavy atom. The summed E-state index contributed by atoms with van der Waals surface area (Å²) in [5.41, 5.74) is 2.69. The molecule has 1 aromatic carbocycles. The Morgan fingerprint density at radius 2 is 1.83 bits per heavy atom. The van der Waals surface area contributed by atoms with Gasteiger partial charge in [0.05, 0.1) is 5.02 Å².